The molecule has 1 aromatic carbocycles. The van der Waals surface area contributed by atoms with Gasteiger partial charge in [-0.15, -0.1) is 0 Å². The molecule has 0 saturated carbocycles. The normalized spacial score (nSPS) is 23.2. The zero-order valence-corrected chi connectivity index (χ0v) is 11.1. The van der Waals surface area contributed by atoms with Crippen LogP contribution in [0.15, 0.2) is 23.1 Å². The zero-order chi connectivity index (χ0) is 14.1. The molecule has 19 heavy (non-hydrogen) atoms. The van der Waals surface area contributed by atoms with Gasteiger partial charge >= 0.3 is 0 Å². The number of sulfonamides is 1. The fourth-order valence-corrected chi connectivity index (χ4v) is 3.55. The number of hydrogen-bond donors (Lipinski definition) is 1. The highest BCUT2D eigenvalue weighted by atomic mass is 32.2. The highest BCUT2D eigenvalue weighted by Crippen LogP contribution is 2.23. The van der Waals surface area contributed by atoms with Crippen molar-refractivity contribution in [2.75, 3.05) is 13.2 Å². The number of rotatable bonds is 3. The maximum absolute atomic E-state index is 13.5. The summed E-state index contributed by atoms with van der Waals surface area (Å²) in [5.41, 5.74) is -1.20. The van der Waals surface area contributed by atoms with Crippen molar-refractivity contribution in [3.8, 4) is 6.07 Å². The van der Waals surface area contributed by atoms with E-state index in [4.69, 9.17) is 10.00 Å². The molecule has 0 radical (unpaired) electrons. The third-order valence-corrected chi connectivity index (χ3v) is 4.66. The lowest BCUT2D eigenvalue weighted by atomic mass is 10.0. The summed E-state index contributed by atoms with van der Waals surface area (Å²) < 4.78 is 45.6. The second-order valence-corrected chi connectivity index (χ2v) is 6.34. The molecule has 1 aliphatic rings. The fraction of sp³-hybridized carbons (Fsp3) is 0.417. The Morgan fingerprint density at radius 3 is 2.84 bits per heavy atom. The average molecular weight is 284 g/mol. The minimum Gasteiger partial charge on any atom is -0.379 e. The summed E-state index contributed by atoms with van der Waals surface area (Å²) in [6.45, 7) is 2.43. The van der Waals surface area contributed by atoms with Gasteiger partial charge in [-0.1, -0.05) is 6.07 Å². The highest BCUT2D eigenvalue weighted by Gasteiger charge is 2.35. The molecular weight excluding hydrogens is 271 g/mol. The van der Waals surface area contributed by atoms with Crippen LogP contribution >= 0.6 is 0 Å². The molecule has 7 heteroatoms. The number of benzene rings is 1. The van der Waals surface area contributed by atoms with Crippen molar-refractivity contribution < 1.29 is 17.5 Å². The van der Waals surface area contributed by atoms with Gasteiger partial charge in [0.1, 0.15) is 22.3 Å². The Hall–Kier alpha value is -1.49. The van der Waals surface area contributed by atoms with Gasteiger partial charge in [-0.3, -0.25) is 0 Å². The second-order valence-electron chi connectivity index (χ2n) is 4.69. The van der Waals surface area contributed by atoms with Gasteiger partial charge < -0.3 is 4.74 Å². The van der Waals surface area contributed by atoms with Crippen molar-refractivity contribution >= 4 is 10.0 Å². The molecule has 1 unspecified atom stereocenters. The predicted octanol–water partition coefficient (Wildman–Crippen LogP) is 1.15. The molecule has 102 valence electrons. The van der Waals surface area contributed by atoms with Gasteiger partial charge in [0.15, 0.2) is 0 Å². The fourth-order valence-electron chi connectivity index (χ4n) is 1.96. The molecule has 1 atom stereocenters. The number of ether oxygens (including phenoxy) is 1. The van der Waals surface area contributed by atoms with Crippen LogP contribution in [0.2, 0.25) is 0 Å². The maximum atomic E-state index is 13.5. The van der Waals surface area contributed by atoms with E-state index in [1.165, 1.54) is 12.1 Å². The lowest BCUT2D eigenvalue weighted by Crippen LogP contribution is -2.46. The summed E-state index contributed by atoms with van der Waals surface area (Å²) in [5, 5.41) is 8.88. The molecular formula is C12H13FN2O3S. The molecule has 5 nitrogen and oxygen atoms in total. The molecule has 0 aliphatic carbocycles. The SMILES string of the molecule is CC1(NS(=O)(=O)c2cccc(F)c2C#N)CCOC1. The Morgan fingerprint density at radius 1 is 1.53 bits per heavy atom. The van der Waals surface area contributed by atoms with Crippen molar-refractivity contribution in [1.82, 2.24) is 4.72 Å². The van der Waals surface area contributed by atoms with E-state index in [1.807, 2.05) is 0 Å². The Kier molecular flexibility index (Phi) is 3.58. The first-order chi connectivity index (χ1) is 8.88. The summed E-state index contributed by atoms with van der Waals surface area (Å²) in [6.07, 6.45) is 0.531. The quantitative estimate of drug-likeness (QED) is 0.903. The topological polar surface area (TPSA) is 79.2 Å². The smallest absolute Gasteiger partial charge is 0.242 e. The van der Waals surface area contributed by atoms with Crippen LogP contribution in [0.4, 0.5) is 4.39 Å². The second kappa shape index (κ2) is 4.89. The summed E-state index contributed by atoms with van der Waals surface area (Å²) in [6, 6.07) is 5.11. The first kappa shape index (κ1) is 13.9. The molecule has 1 aromatic rings. The molecule has 1 heterocycles. The van der Waals surface area contributed by atoms with Crippen molar-refractivity contribution in [2.45, 2.75) is 23.8 Å². The highest BCUT2D eigenvalue weighted by molar-refractivity contribution is 7.89. The van der Waals surface area contributed by atoms with Gasteiger partial charge in [-0.05, 0) is 25.5 Å². The Bertz CT molecular complexity index is 631. The van der Waals surface area contributed by atoms with Crippen LogP contribution < -0.4 is 4.72 Å². The van der Waals surface area contributed by atoms with Crippen LogP contribution in [-0.2, 0) is 14.8 Å². The Labute approximate surface area is 111 Å². The Morgan fingerprint density at radius 2 is 2.26 bits per heavy atom. The van der Waals surface area contributed by atoms with Crippen LogP contribution in [-0.4, -0.2) is 27.2 Å². The number of nitrogens with zero attached hydrogens (tertiary/aromatic N) is 1. The monoisotopic (exact) mass is 284 g/mol. The van der Waals surface area contributed by atoms with Gasteiger partial charge in [0.25, 0.3) is 0 Å². The number of hydrogen-bond acceptors (Lipinski definition) is 4. The van der Waals surface area contributed by atoms with E-state index < -0.39 is 26.9 Å². The number of nitriles is 1. The Balaban J connectivity index is 2.41. The van der Waals surface area contributed by atoms with E-state index in [1.54, 1.807) is 13.0 Å². The molecule has 0 bridgehead atoms. The third-order valence-electron chi connectivity index (χ3n) is 2.98. The summed E-state index contributed by atoms with van der Waals surface area (Å²) in [4.78, 5) is -0.344. The summed E-state index contributed by atoms with van der Waals surface area (Å²) in [5.74, 6) is -0.849. The van der Waals surface area contributed by atoms with Gasteiger partial charge in [-0.25, -0.2) is 17.5 Å². The van der Waals surface area contributed by atoms with E-state index >= 15 is 0 Å². The first-order valence-corrected chi connectivity index (χ1v) is 7.17. The summed E-state index contributed by atoms with van der Waals surface area (Å²) >= 11 is 0. The van der Waals surface area contributed by atoms with Gasteiger partial charge in [0.05, 0.1) is 12.1 Å². The molecule has 1 saturated heterocycles. The standard InChI is InChI=1S/C12H13FN2O3S/c1-12(5-6-18-8-12)15-19(16,17)11-4-2-3-10(13)9(11)7-14/h2-4,15H,5-6,8H2,1H3. The first-order valence-electron chi connectivity index (χ1n) is 5.68. The van der Waals surface area contributed by atoms with Crippen LogP contribution in [0.5, 0.6) is 0 Å². The van der Waals surface area contributed by atoms with Crippen LogP contribution in [0.25, 0.3) is 0 Å². The largest absolute Gasteiger partial charge is 0.379 e. The lowest BCUT2D eigenvalue weighted by molar-refractivity contribution is 0.178. The molecule has 1 fully saturated rings. The van der Waals surface area contributed by atoms with E-state index in [0.29, 0.717) is 13.0 Å². The van der Waals surface area contributed by atoms with Gasteiger partial charge in [-0.2, -0.15) is 5.26 Å². The van der Waals surface area contributed by atoms with Gasteiger partial charge in [0, 0.05) is 6.61 Å². The van der Waals surface area contributed by atoms with E-state index in [0.717, 1.165) is 6.07 Å². The van der Waals surface area contributed by atoms with Crippen LogP contribution in [0.1, 0.15) is 18.9 Å². The molecule has 0 aromatic heterocycles. The van der Waals surface area contributed by atoms with Crippen molar-refractivity contribution in [2.24, 2.45) is 0 Å². The van der Waals surface area contributed by atoms with Crippen molar-refractivity contribution in [3.05, 3.63) is 29.6 Å². The van der Waals surface area contributed by atoms with E-state index in [9.17, 15) is 12.8 Å². The maximum Gasteiger partial charge on any atom is 0.242 e. The van der Waals surface area contributed by atoms with E-state index in [-0.39, 0.29) is 11.5 Å². The zero-order valence-electron chi connectivity index (χ0n) is 10.3. The van der Waals surface area contributed by atoms with Crippen molar-refractivity contribution in [3.63, 3.8) is 0 Å². The predicted molar refractivity (Wildman–Crippen MR) is 65.3 cm³/mol. The molecule has 0 amide bonds. The molecule has 0 spiro atoms. The average Bonchev–Trinajstić information content (AvgIpc) is 2.74. The number of halogens is 1. The van der Waals surface area contributed by atoms with Gasteiger partial charge in [0.2, 0.25) is 10.0 Å². The molecule has 1 aliphatic heterocycles. The van der Waals surface area contributed by atoms with Crippen LogP contribution in [0.3, 0.4) is 0 Å². The molecule has 2 rings (SSSR count). The number of nitrogens with one attached hydrogen (secondary N) is 1. The van der Waals surface area contributed by atoms with Crippen molar-refractivity contribution in [1.29, 1.82) is 5.26 Å². The van der Waals surface area contributed by atoms with E-state index in [2.05, 4.69) is 4.72 Å². The minimum atomic E-state index is -3.96. The summed E-state index contributed by atoms with van der Waals surface area (Å²) in [7, 11) is -3.96. The minimum absolute atomic E-state index is 0.253. The lowest BCUT2D eigenvalue weighted by Gasteiger charge is -2.23. The third kappa shape index (κ3) is 2.76. The van der Waals surface area contributed by atoms with Crippen LogP contribution in [0, 0.1) is 17.1 Å². The molecule has 1 N–H and O–H groups in total.